The van der Waals surface area contributed by atoms with Crippen LogP contribution in [0.5, 0.6) is 0 Å². The van der Waals surface area contributed by atoms with E-state index in [-0.39, 0.29) is 10.9 Å². The number of halogens is 1. The molecule has 1 aliphatic heterocycles. The number of nitrogens with zero attached hydrogens (tertiary/aromatic N) is 1. The maximum atomic E-state index is 12.1. The molecule has 2 fully saturated rings. The van der Waals surface area contributed by atoms with Gasteiger partial charge in [0.2, 0.25) is 5.79 Å². The Morgan fingerprint density at radius 1 is 1.33 bits per heavy atom. The van der Waals surface area contributed by atoms with Crippen molar-refractivity contribution >= 4 is 22.0 Å². The highest BCUT2D eigenvalue weighted by Crippen LogP contribution is 2.62. The summed E-state index contributed by atoms with van der Waals surface area (Å²) >= 11 is 3.55. The van der Waals surface area contributed by atoms with Crippen molar-refractivity contribution in [2.45, 2.75) is 48.9 Å². The summed E-state index contributed by atoms with van der Waals surface area (Å²) in [5, 5.41) is 0. The third-order valence-electron chi connectivity index (χ3n) is 3.63. The molecule has 0 radical (unpaired) electrons. The first-order valence-electron chi connectivity index (χ1n) is 5.97. The molecule has 0 aromatic carbocycles. The minimum Gasteiger partial charge on any atom is -0.444 e. The highest BCUT2D eigenvalue weighted by Gasteiger charge is 2.80. The van der Waals surface area contributed by atoms with E-state index in [1.54, 1.807) is 19.1 Å². The first-order chi connectivity index (χ1) is 8.22. The van der Waals surface area contributed by atoms with Crippen molar-refractivity contribution in [3.63, 3.8) is 0 Å². The van der Waals surface area contributed by atoms with Gasteiger partial charge in [0, 0.05) is 19.0 Å². The fourth-order valence-corrected chi connectivity index (χ4v) is 3.69. The van der Waals surface area contributed by atoms with Gasteiger partial charge in [-0.3, -0.25) is 4.90 Å². The van der Waals surface area contributed by atoms with Gasteiger partial charge in [0.25, 0.3) is 0 Å². The van der Waals surface area contributed by atoms with Crippen LogP contribution in [0.3, 0.4) is 0 Å². The fourth-order valence-electron chi connectivity index (χ4n) is 2.60. The summed E-state index contributed by atoms with van der Waals surface area (Å²) in [6.45, 7) is 5.97. The second kappa shape index (κ2) is 4.08. The van der Waals surface area contributed by atoms with Gasteiger partial charge in [0.15, 0.2) is 0 Å². The van der Waals surface area contributed by atoms with Crippen molar-refractivity contribution in [1.29, 1.82) is 0 Å². The molecule has 0 aromatic heterocycles. The van der Waals surface area contributed by atoms with Crippen molar-refractivity contribution in [1.82, 2.24) is 4.90 Å². The lowest BCUT2D eigenvalue weighted by atomic mass is 9.92. The van der Waals surface area contributed by atoms with Gasteiger partial charge < -0.3 is 14.2 Å². The average Bonchev–Trinajstić information content (AvgIpc) is 2.91. The highest BCUT2D eigenvalue weighted by molar-refractivity contribution is 9.09. The number of hydrogen-bond donors (Lipinski definition) is 0. The lowest BCUT2D eigenvalue weighted by Gasteiger charge is -2.55. The molecule has 1 heterocycles. The maximum Gasteiger partial charge on any atom is 0.411 e. The monoisotopic (exact) mass is 321 g/mol. The molecule has 2 atom stereocenters. The summed E-state index contributed by atoms with van der Waals surface area (Å²) in [7, 11) is 3.21. The molecule has 104 valence electrons. The van der Waals surface area contributed by atoms with Crippen LogP contribution in [0.25, 0.3) is 0 Å². The topological polar surface area (TPSA) is 48.0 Å². The molecule has 0 bridgehead atoms. The van der Waals surface area contributed by atoms with Crippen molar-refractivity contribution < 1.29 is 19.0 Å². The molecule has 1 spiro atoms. The number of methoxy groups -OCH3 is 2. The second-order valence-corrected chi connectivity index (χ2v) is 6.93. The Morgan fingerprint density at radius 3 is 2.17 bits per heavy atom. The number of carbonyl (C=O) groups is 1. The van der Waals surface area contributed by atoms with Crippen LogP contribution < -0.4 is 0 Å². The van der Waals surface area contributed by atoms with Crippen LogP contribution in [0.1, 0.15) is 27.2 Å². The van der Waals surface area contributed by atoms with Crippen molar-refractivity contribution in [3.05, 3.63) is 0 Å². The second-order valence-electron chi connectivity index (χ2n) is 5.82. The predicted molar refractivity (Wildman–Crippen MR) is 69.8 cm³/mol. The Labute approximate surface area is 116 Å². The number of alkyl halides is 1. The van der Waals surface area contributed by atoms with Crippen LogP contribution in [0.4, 0.5) is 4.79 Å². The van der Waals surface area contributed by atoms with Crippen LogP contribution in [0.15, 0.2) is 0 Å². The highest BCUT2D eigenvalue weighted by atomic mass is 79.9. The number of amides is 1. The van der Waals surface area contributed by atoms with E-state index < -0.39 is 16.9 Å². The van der Waals surface area contributed by atoms with Gasteiger partial charge in [-0.05, 0) is 27.2 Å². The van der Waals surface area contributed by atoms with Crippen molar-refractivity contribution in [2.24, 2.45) is 0 Å². The summed E-state index contributed by atoms with van der Waals surface area (Å²) in [6.07, 6.45) is 0.502. The first kappa shape index (κ1) is 14.1. The Morgan fingerprint density at radius 2 is 1.83 bits per heavy atom. The molecular formula is C12H20BrNO4. The van der Waals surface area contributed by atoms with Gasteiger partial charge in [-0.15, -0.1) is 0 Å². The van der Waals surface area contributed by atoms with Crippen LogP contribution >= 0.6 is 15.9 Å². The quantitative estimate of drug-likeness (QED) is 0.577. The summed E-state index contributed by atoms with van der Waals surface area (Å²) in [4.78, 5) is 14.0. The average molecular weight is 322 g/mol. The van der Waals surface area contributed by atoms with E-state index in [2.05, 4.69) is 15.9 Å². The van der Waals surface area contributed by atoms with Gasteiger partial charge in [-0.25, -0.2) is 4.79 Å². The normalized spacial score (nSPS) is 33.2. The zero-order valence-corrected chi connectivity index (χ0v) is 13.0. The molecule has 1 saturated carbocycles. The molecule has 1 saturated heterocycles. The molecule has 2 aliphatic rings. The minimum absolute atomic E-state index is 0.186. The summed E-state index contributed by atoms with van der Waals surface area (Å²) < 4.78 is 16.4. The number of rotatable bonds is 2. The molecule has 2 rings (SSSR count). The lowest BCUT2D eigenvalue weighted by molar-refractivity contribution is -0.312. The number of carbonyl (C=O) groups excluding carboxylic acids is 1. The Balaban J connectivity index is 2.13. The van der Waals surface area contributed by atoms with Crippen molar-refractivity contribution in [2.75, 3.05) is 20.8 Å². The predicted octanol–water partition coefficient (Wildman–Crippen LogP) is 2.13. The van der Waals surface area contributed by atoms with E-state index in [4.69, 9.17) is 14.2 Å². The fraction of sp³-hybridized carbons (Fsp3) is 0.917. The van der Waals surface area contributed by atoms with Gasteiger partial charge in [-0.2, -0.15) is 0 Å². The third-order valence-corrected chi connectivity index (χ3v) is 4.71. The Bertz CT molecular complexity index is 364. The molecule has 6 heteroatoms. The molecule has 1 unspecified atom stereocenters. The number of likely N-dealkylation sites (tertiary alicyclic amines) is 1. The minimum atomic E-state index is -0.710. The summed E-state index contributed by atoms with van der Waals surface area (Å²) in [5.41, 5.74) is -0.911. The first-order valence-corrected chi connectivity index (χ1v) is 6.89. The molecule has 1 aliphatic carbocycles. The van der Waals surface area contributed by atoms with Crippen LogP contribution in [-0.2, 0) is 14.2 Å². The molecule has 18 heavy (non-hydrogen) atoms. The van der Waals surface area contributed by atoms with E-state index in [9.17, 15) is 4.79 Å². The SMILES string of the molecule is COC1(OC)CN(C(=O)OC(C)(C)C)[C@@]12CC2Br. The van der Waals surface area contributed by atoms with Gasteiger partial charge in [0.1, 0.15) is 11.1 Å². The van der Waals surface area contributed by atoms with Crippen LogP contribution in [0.2, 0.25) is 0 Å². The smallest absolute Gasteiger partial charge is 0.411 e. The number of ether oxygens (including phenoxy) is 3. The maximum absolute atomic E-state index is 12.1. The standard InChI is InChI=1S/C12H20BrNO4/c1-10(2,3)18-9(15)14-7-12(16-4,17-5)11(14)6-8(11)13/h8H,6-7H2,1-5H3/t8?,11-/m1/s1. The van der Waals surface area contributed by atoms with E-state index in [0.717, 1.165) is 6.42 Å². The largest absolute Gasteiger partial charge is 0.444 e. The van der Waals surface area contributed by atoms with E-state index in [1.807, 2.05) is 20.8 Å². The molecule has 0 aromatic rings. The van der Waals surface area contributed by atoms with E-state index in [0.29, 0.717) is 6.54 Å². The van der Waals surface area contributed by atoms with Crippen molar-refractivity contribution in [3.8, 4) is 0 Å². The van der Waals surface area contributed by atoms with Gasteiger partial charge in [-0.1, -0.05) is 15.9 Å². The molecule has 5 nitrogen and oxygen atoms in total. The third kappa shape index (κ3) is 1.77. The van der Waals surface area contributed by atoms with Gasteiger partial charge >= 0.3 is 6.09 Å². The van der Waals surface area contributed by atoms with E-state index in [1.165, 1.54) is 0 Å². The van der Waals surface area contributed by atoms with Crippen LogP contribution in [0, 0.1) is 0 Å². The summed E-state index contributed by atoms with van der Waals surface area (Å²) in [6, 6.07) is 0. The Hall–Kier alpha value is -0.330. The van der Waals surface area contributed by atoms with E-state index >= 15 is 0 Å². The Kier molecular flexibility index (Phi) is 3.19. The molecular weight excluding hydrogens is 302 g/mol. The summed E-state index contributed by atoms with van der Waals surface area (Å²) in [5.74, 6) is -0.710. The number of hydrogen-bond acceptors (Lipinski definition) is 4. The molecule has 0 N–H and O–H groups in total. The molecule has 1 amide bonds. The lowest BCUT2D eigenvalue weighted by Crippen LogP contribution is -2.76. The zero-order chi connectivity index (χ0) is 13.8. The zero-order valence-electron chi connectivity index (χ0n) is 11.4. The van der Waals surface area contributed by atoms with Crippen LogP contribution in [-0.4, -0.2) is 53.5 Å². The van der Waals surface area contributed by atoms with Gasteiger partial charge in [0.05, 0.1) is 6.54 Å².